The molecule has 0 aliphatic heterocycles. The molecule has 0 bridgehead atoms. The molecule has 0 aromatic heterocycles. The molecular weight excluding hydrogens is 196 g/mol. The van der Waals surface area contributed by atoms with Crippen LogP contribution in [0, 0.1) is 11.6 Å². The molecule has 0 amide bonds. The lowest BCUT2D eigenvalue weighted by molar-refractivity contribution is 0.507. The summed E-state index contributed by atoms with van der Waals surface area (Å²) in [5.41, 5.74) is 6.38. The molecule has 2 N–H and O–H groups in total. The van der Waals surface area contributed by atoms with Crippen molar-refractivity contribution < 1.29 is 8.78 Å². The van der Waals surface area contributed by atoms with Crippen molar-refractivity contribution in [3.63, 3.8) is 0 Å². The van der Waals surface area contributed by atoms with Crippen molar-refractivity contribution in [3.8, 4) is 0 Å². The molecule has 1 aliphatic carbocycles. The number of rotatable bonds is 1. The summed E-state index contributed by atoms with van der Waals surface area (Å²) in [5, 5.41) is 0. The van der Waals surface area contributed by atoms with E-state index in [0.29, 0.717) is 0 Å². The van der Waals surface area contributed by atoms with Crippen LogP contribution in [0.3, 0.4) is 0 Å². The largest absolute Gasteiger partial charge is 0.327 e. The second-order valence-electron chi connectivity index (χ2n) is 3.18. The van der Waals surface area contributed by atoms with Crippen LogP contribution >= 0.6 is 12.4 Å². The number of hydrogen-bond acceptors (Lipinski definition) is 1. The Hall–Kier alpha value is -0.670. The summed E-state index contributed by atoms with van der Waals surface area (Å²) >= 11 is 0. The SMILES string of the molecule is Cl.N[C@H]1C[C@@H]1c1ccc(F)c(F)c1. The lowest BCUT2D eigenvalue weighted by Crippen LogP contribution is -2.01. The van der Waals surface area contributed by atoms with Gasteiger partial charge in [0.25, 0.3) is 0 Å². The summed E-state index contributed by atoms with van der Waals surface area (Å²) < 4.78 is 25.2. The van der Waals surface area contributed by atoms with Crippen molar-refractivity contribution in [1.29, 1.82) is 0 Å². The first-order valence-electron chi connectivity index (χ1n) is 3.89. The zero-order valence-corrected chi connectivity index (χ0v) is 7.65. The highest BCUT2D eigenvalue weighted by Crippen LogP contribution is 2.39. The maximum Gasteiger partial charge on any atom is 0.159 e. The van der Waals surface area contributed by atoms with Crippen molar-refractivity contribution in [2.75, 3.05) is 0 Å². The second-order valence-corrected chi connectivity index (χ2v) is 3.18. The fraction of sp³-hybridized carbons (Fsp3) is 0.333. The monoisotopic (exact) mass is 205 g/mol. The van der Waals surface area contributed by atoms with Crippen LogP contribution < -0.4 is 5.73 Å². The lowest BCUT2D eigenvalue weighted by Gasteiger charge is -1.98. The van der Waals surface area contributed by atoms with Crippen molar-refractivity contribution in [2.45, 2.75) is 18.4 Å². The smallest absolute Gasteiger partial charge is 0.159 e. The molecule has 2 rings (SSSR count). The third kappa shape index (κ3) is 1.98. The quantitative estimate of drug-likeness (QED) is 0.748. The molecule has 1 fully saturated rings. The minimum absolute atomic E-state index is 0. The molecule has 0 radical (unpaired) electrons. The van der Waals surface area contributed by atoms with E-state index in [2.05, 4.69) is 0 Å². The van der Waals surface area contributed by atoms with Crippen LogP contribution in [0.15, 0.2) is 18.2 Å². The molecule has 1 aromatic rings. The van der Waals surface area contributed by atoms with Gasteiger partial charge in [-0.15, -0.1) is 12.4 Å². The van der Waals surface area contributed by atoms with E-state index in [1.807, 2.05) is 0 Å². The number of hydrogen-bond donors (Lipinski definition) is 1. The molecular formula is C9H10ClF2N. The van der Waals surface area contributed by atoms with E-state index in [-0.39, 0.29) is 24.4 Å². The topological polar surface area (TPSA) is 26.0 Å². The Balaban J connectivity index is 0.000000845. The molecule has 0 spiro atoms. The number of benzene rings is 1. The van der Waals surface area contributed by atoms with Crippen LogP contribution in [-0.2, 0) is 0 Å². The molecule has 0 heterocycles. The first-order chi connectivity index (χ1) is 5.68. The fourth-order valence-electron chi connectivity index (χ4n) is 1.34. The van der Waals surface area contributed by atoms with Crippen LogP contribution in [0.2, 0.25) is 0 Å². The number of nitrogens with two attached hydrogens (primary N) is 1. The minimum atomic E-state index is -0.798. The van der Waals surface area contributed by atoms with Crippen LogP contribution in [0.25, 0.3) is 0 Å². The van der Waals surface area contributed by atoms with E-state index in [1.54, 1.807) is 6.07 Å². The standard InChI is InChI=1S/C9H9F2N.ClH/c10-7-2-1-5(3-8(7)11)6-4-9(6)12;/h1-3,6,9H,4,12H2;1H/t6-,9+;/m1./s1. The zero-order valence-electron chi connectivity index (χ0n) is 6.84. The highest BCUT2D eigenvalue weighted by atomic mass is 35.5. The Kier molecular flexibility index (Phi) is 2.88. The van der Waals surface area contributed by atoms with E-state index < -0.39 is 11.6 Å². The highest BCUT2D eigenvalue weighted by Gasteiger charge is 2.35. The first kappa shape index (κ1) is 10.4. The lowest BCUT2D eigenvalue weighted by atomic mass is 10.1. The first-order valence-corrected chi connectivity index (χ1v) is 3.89. The maximum absolute atomic E-state index is 12.7. The average Bonchev–Trinajstić information content (AvgIpc) is 2.73. The van der Waals surface area contributed by atoms with E-state index in [4.69, 9.17) is 5.73 Å². The predicted molar refractivity (Wildman–Crippen MR) is 48.9 cm³/mol. The molecule has 0 saturated heterocycles. The zero-order chi connectivity index (χ0) is 8.72. The van der Waals surface area contributed by atoms with Crippen molar-refractivity contribution in [2.24, 2.45) is 5.73 Å². The van der Waals surface area contributed by atoms with Gasteiger partial charge in [0.15, 0.2) is 11.6 Å². The van der Waals surface area contributed by atoms with E-state index >= 15 is 0 Å². The minimum Gasteiger partial charge on any atom is -0.327 e. The summed E-state index contributed by atoms with van der Waals surface area (Å²) in [5.74, 6) is -1.35. The van der Waals surface area contributed by atoms with Crippen LogP contribution in [0.5, 0.6) is 0 Å². The summed E-state index contributed by atoms with van der Waals surface area (Å²) in [7, 11) is 0. The summed E-state index contributed by atoms with van der Waals surface area (Å²) in [4.78, 5) is 0. The average molecular weight is 206 g/mol. The van der Waals surface area contributed by atoms with Gasteiger partial charge in [-0.2, -0.15) is 0 Å². The fourth-order valence-corrected chi connectivity index (χ4v) is 1.34. The summed E-state index contributed by atoms with van der Waals surface area (Å²) in [6, 6.07) is 4.10. The predicted octanol–water partition coefficient (Wildman–Crippen LogP) is 2.20. The highest BCUT2D eigenvalue weighted by molar-refractivity contribution is 5.85. The van der Waals surface area contributed by atoms with E-state index in [1.165, 1.54) is 6.07 Å². The molecule has 2 atom stereocenters. The van der Waals surface area contributed by atoms with Crippen LogP contribution in [0.4, 0.5) is 8.78 Å². The Bertz CT molecular complexity index is 316. The van der Waals surface area contributed by atoms with Crippen LogP contribution in [-0.4, -0.2) is 6.04 Å². The van der Waals surface area contributed by atoms with Gasteiger partial charge in [0.1, 0.15) is 0 Å². The van der Waals surface area contributed by atoms with Gasteiger partial charge < -0.3 is 5.73 Å². The Labute approximate surface area is 81.3 Å². The molecule has 1 aliphatic rings. The van der Waals surface area contributed by atoms with Crippen LogP contribution in [0.1, 0.15) is 17.9 Å². The van der Waals surface area contributed by atoms with Gasteiger partial charge in [-0.05, 0) is 24.1 Å². The Morgan fingerprint density at radius 2 is 1.85 bits per heavy atom. The second kappa shape index (κ2) is 3.60. The third-order valence-corrected chi connectivity index (χ3v) is 2.21. The third-order valence-electron chi connectivity index (χ3n) is 2.21. The van der Waals surface area contributed by atoms with Gasteiger partial charge in [0, 0.05) is 12.0 Å². The van der Waals surface area contributed by atoms with Gasteiger partial charge in [-0.1, -0.05) is 6.07 Å². The molecule has 0 unspecified atom stereocenters. The van der Waals surface area contributed by atoms with Gasteiger partial charge in [0.05, 0.1) is 0 Å². The Morgan fingerprint density at radius 1 is 1.23 bits per heavy atom. The number of halogens is 3. The maximum atomic E-state index is 12.7. The molecule has 4 heteroatoms. The van der Waals surface area contributed by atoms with Crippen molar-refractivity contribution in [3.05, 3.63) is 35.4 Å². The van der Waals surface area contributed by atoms with E-state index in [0.717, 1.165) is 18.1 Å². The summed E-state index contributed by atoms with van der Waals surface area (Å²) in [6.45, 7) is 0. The molecule has 1 aromatic carbocycles. The Morgan fingerprint density at radius 3 is 2.31 bits per heavy atom. The summed E-state index contributed by atoms with van der Waals surface area (Å²) in [6.07, 6.45) is 0.880. The van der Waals surface area contributed by atoms with Gasteiger partial charge >= 0.3 is 0 Å². The van der Waals surface area contributed by atoms with Gasteiger partial charge in [-0.25, -0.2) is 8.78 Å². The normalized spacial score (nSPS) is 25.2. The molecule has 13 heavy (non-hydrogen) atoms. The molecule has 1 saturated carbocycles. The molecule has 72 valence electrons. The van der Waals surface area contributed by atoms with Crippen molar-refractivity contribution in [1.82, 2.24) is 0 Å². The van der Waals surface area contributed by atoms with Crippen molar-refractivity contribution >= 4 is 12.4 Å². The van der Waals surface area contributed by atoms with Gasteiger partial charge in [-0.3, -0.25) is 0 Å². The van der Waals surface area contributed by atoms with E-state index in [9.17, 15) is 8.78 Å². The molecule has 1 nitrogen and oxygen atoms in total. The van der Waals surface area contributed by atoms with Gasteiger partial charge in [0.2, 0.25) is 0 Å².